The normalized spacial score (nSPS) is 12.3. The summed E-state index contributed by atoms with van der Waals surface area (Å²) in [6.07, 6.45) is -4.34. The molecule has 0 amide bonds. The number of ether oxygens (including phenoxy) is 1. The highest BCUT2D eigenvalue weighted by Gasteiger charge is 2.30. The summed E-state index contributed by atoms with van der Waals surface area (Å²) < 4.78 is 44.3. The van der Waals surface area contributed by atoms with E-state index >= 15 is 0 Å². The van der Waals surface area contributed by atoms with E-state index in [1.807, 2.05) is 30.3 Å². The van der Waals surface area contributed by atoms with Crippen LogP contribution in [0.4, 0.5) is 13.2 Å². The second-order valence-corrected chi connectivity index (χ2v) is 6.88. The zero-order chi connectivity index (χ0) is 19.5. The molecule has 0 aliphatic heterocycles. The van der Waals surface area contributed by atoms with Gasteiger partial charge in [-0.1, -0.05) is 42.5 Å². The monoisotopic (exact) mass is 376 g/mol. The van der Waals surface area contributed by atoms with Crippen LogP contribution in [0.1, 0.15) is 5.56 Å². The Balaban J connectivity index is 1.85. The van der Waals surface area contributed by atoms with Gasteiger partial charge < -0.3 is 4.74 Å². The molecule has 0 aliphatic rings. The van der Waals surface area contributed by atoms with Gasteiger partial charge in [0.1, 0.15) is 5.75 Å². The molecule has 28 heavy (non-hydrogen) atoms. The molecule has 5 aromatic rings. The lowest BCUT2D eigenvalue weighted by Gasteiger charge is -2.17. The number of halogens is 3. The quantitative estimate of drug-likeness (QED) is 0.294. The Labute approximate surface area is 159 Å². The van der Waals surface area contributed by atoms with E-state index in [0.29, 0.717) is 0 Å². The molecule has 5 rings (SSSR count). The first-order chi connectivity index (χ1) is 13.5. The van der Waals surface area contributed by atoms with Crippen molar-refractivity contribution in [3.63, 3.8) is 0 Å². The summed E-state index contributed by atoms with van der Waals surface area (Å²) in [4.78, 5) is 0. The minimum atomic E-state index is -4.34. The maximum Gasteiger partial charge on any atom is 0.416 e. The Kier molecular flexibility index (Phi) is 3.53. The molecule has 0 saturated heterocycles. The number of alkyl halides is 3. The maximum atomic E-state index is 12.9. The van der Waals surface area contributed by atoms with Crippen molar-refractivity contribution in [1.29, 1.82) is 0 Å². The maximum absolute atomic E-state index is 12.9. The van der Waals surface area contributed by atoms with E-state index < -0.39 is 11.7 Å². The average Bonchev–Trinajstić information content (AvgIpc) is 2.71. The highest BCUT2D eigenvalue weighted by Crippen LogP contribution is 2.43. The molecule has 138 valence electrons. The third kappa shape index (κ3) is 2.41. The highest BCUT2D eigenvalue weighted by molar-refractivity contribution is 6.27. The van der Waals surface area contributed by atoms with Crippen LogP contribution >= 0.6 is 0 Å². The Morgan fingerprint density at radius 2 is 1.43 bits per heavy atom. The first-order valence-corrected chi connectivity index (χ1v) is 8.89. The predicted octanol–water partition coefficient (Wildman–Crippen LogP) is 7.28. The van der Waals surface area contributed by atoms with E-state index in [1.165, 1.54) is 0 Å². The van der Waals surface area contributed by atoms with Gasteiger partial charge >= 0.3 is 6.18 Å². The molecule has 1 nitrogen and oxygen atoms in total. The van der Waals surface area contributed by atoms with Gasteiger partial charge in [-0.05, 0) is 63.0 Å². The van der Waals surface area contributed by atoms with Crippen LogP contribution < -0.4 is 4.74 Å². The Morgan fingerprint density at radius 1 is 0.714 bits per heavy atom. The molecule has 0 radical (unpaired) electrons. The van der Waals surface area contributed by atoms with Gasteiger partial charge in [0.05, 0.1) is 12.7 Å². The summed E-state index contributed by atoms with van der Waals surface area (Å²) in [5.74, 6) is 0.807. The summed E-state index contributed by atoms with van der Waals surface area (Å²) in [7, 11) is 1.65. The highest BCUT2D eigenvalue weighted by atomic mass is 19.4. The van der Waals surface area contributed by atoms with E-state index in [2.05, 4.69) is 18.2 Å². The van der Waals surface area contributed by atoms with Gasteiger partial charge in [-0.25, -0.2) is 0 Å². The van der Waals surface area contributed by atoms with Gasteiger partial charge in [0.2, 0.25) is 0 Å². The van der Waals surface area contributed by atoms with Crippen LogP contribution in [0.25, 0.3) is 43.4 Å². The van der Waals surface area contributed by atoms with E-state index in [-0.39, 0.29) is 0 Å². The molecule has 0 fully saturated rings. The first kappa shape index (κ1) is 16.9. The molecule has 0 aromatic heterocycles. The molecule has 0 N–H and O–H groups in total. The Bertz CT molecular complexity index is 1320. The van der Waals surface area contributed by atoms with E-state index in [4.69, 9.17) is 4.74 Å². The van der Waals surface area contributed by atoms with Crippen molar-refractivity contribution in [3.8, 4) is 16.9 Å². The lowest BCUT2D eigenvalue weighted by atomic mass is 9.88. The SMILES string of the molecule is COc1ccc2cc(-c3ccc(C(F)(F)F)cc3)c3cccc4ccc1c2c43. The molecule has 0 saturated carbocycles. The van der Waals surface area contributed by atoms with Crippen LogP contribution in [0.3, 0.4) is 0 Å². The van der Waals surface area contributed by atoms with Gasteiger partial charge in [-0.3, -0.25) is 0 Å². The standard InChI is InChI=1S/C24H15F3O/c1-28-21-12-8-16-13-20(14-5-9-17(10-6-14)24(25,26)27)18-4-2-3-15-7-11-19(21)23(16)22(15)18/h2-13H,1H3. The van der Waals surface area contributed by atoms with E-state index in [9.17, 15) is 13.2 Å². The lowest BCUT2D eigenvalue weighted by molar-refractivity contribution is -0.137. The molecular weight excluding hydrogens is 361 g/mol. The van der Waals surface area contributed by atoms with Crippen molar-refractivity contribution in [1.82, 2.24) is 0 Å². The zero-order valence-electron chi connectivity index (χ0n) is 15.0. The summed E-state index contributed by atoms with van der Waals surface area (Å²) in [6, 6.07) is 21.5. The van der Waals surface area contributed by atoms with Crippen LogP contribution in [0.15, 0.2) is 72.8 Å². The molecule has 0 aliphatic carbocycles. The number of hydrogen-bond donors (Lipinski definition) is 0. The first-order valence-electron chi connectivity index (χ1n) is 8.89. The van der Waals surface area contributed by atoms with Crippen molar-refractivity contribution in [2.45, 2.75) is 6.18 Å². The zero-order valence-corrected chi connectivity index (χ0v) is 15.0. The third-order valence-electron chi connectivity index (χ3n) is 5.35. The summed E-state index contributed by atoms with van der Waals surface area (Å²) in [5.41, 5.74) is 1.04. The molecule has 0 spiro atoms. The Hall–Kier alpha value is -3.27. The number of rotatable bonds is 2. The van der Waals surface area contributed by atoms with Crippen LogP contribution in [0.2, 0.25) is 0 Å². The summed E-state index contributed by atoms with van der Waals surface area (Å²) >= 11 is 0. The van der Waals surface area contributed by atoms with Gasteiger partial charge in [0.25, 0.3) is 0 Å². The largest absolute Gasteiger partial charge is 0.496 e. The molecule has 5 aromatic carbocycles. The van der Waals surface area contributed by atoms with Crippen LogP contribution in [0, 0.1) is 0 Å². The molecule has 0 atom stereocenters. The summed E-state index contributed by atoms with van der Waals surface area (Å²) in [6.45, 7) is 0. The van der Waals surface area contributed by atoms with Gasteiger partial charge in [-0.15, -0.1) is 0 Å². The molecule has 0 unspecified atom stereocenters. The average molecular weight is 376 g/mol. The molecule has 4 heteroatoms. The van der Waals surface area contributed by atoms with Crippen molar-refractivity contribution < 1.29 is 17.9 Å². The number of hydrogen-bond acceptors (Lipinski definition) is 1. The van der Waals surface area contributed by atoms with Crippen molar-refractivity contribution in [2.75, 3.05) is 7.11 Å². The third-order valence-corrected chi connectivity index (χ3v) is 5.35. The fourth-order valence-electron chi connectivity index (χ4n) is 4.06. The Morgan fingerprint density at radius 3 is 2.14 bits per heavy atom. The fraction of sp³-hybridized carbons (Fsp3) is 0.0833. The van der Waals surface area contributed by atoms with Crippen molar-refractivity contribution >= 4 is 32.3 Å². The smallest absolute Gasteiger partial charge is 0.416 e. The second kappa shape index (κ2) is 5.86. The van der Waals surface area contributed by atoms with Crippen molar-refractivity contribution in [3.05, 3.63) is 78.4 Å². The van der Waals surface area contributed by atoms with Gasteiger partial charge in [0.15, 0.2) is 0 Å². The van der Waals surface area contributed by atoms with Crippen LogP contribution in [-0.2, 0) is 6.18 Å². The number of benzene rings is 5. The fourth-order valence-corrected chi connectivity index (χ4v) is 4.06. The van der Waals surface area contributed by atoms with E-state index in [0.717, 1.165) is 61.3 Å². The topological polar surface area (TPSA) is 9.23 Å². The minimum absolute atomic E-state index is 0.641. The molecule has 0 bridgehead atoms. The van der Waals surface area contributed by atoms with Crippen LogP contribution in [0.5, 0.6) is 5.75 Å². The van der Waals surface area contributed by atoms with Gasteiger partial charge in [-0.2, -0.15) is 13.2 Å². The van der Waals surface area contributed by atoms with Crippen LogP contribution in [-0.4, -0.2) is 7.11 Å². The minimum Gasteiger partial charge on any atom is -0.496 e. The second-order valence-electron chi connectivity index (χ2n) is 6.88. The number of methoxy groups -OCH3 is 1. The predicted molar refractivity (Wildman–Crippen MR) is 107 cm³/mol. The summed E-state index contributed by atoms with van der Waals surface area (Å²) in [5, 5.41) is 6.40. The van der Waals surface area contributed by atoms with E-state index in [1.54, 1.807) is 19.2 Å². The van der Waals surface area contributed by atoms with Gasteiger partial charge in [0, 0.05) is 10.8 Å². The molecule has 0 heterocycles. The van der Waals surface area contributed by atoms with Crippen molar-refractivity contribution in [2.24, 2.45) is 0 Å². The lowest BCUT2D eigenvalue weighted by Crippen LogP contribution is -2.04. The molecular formula is C24H15F3O.